The van der Waals surface area contributed by atoms with Gasteiger partial charge in [-0.1, -0.05) is 11.6 Å². The second kappa shape index (κ2) is 6.83. The van der Waals surface area contributed by atoms with Gasteiger partial charge in [0.25, 0.3) is 12.1 Å². The maximum atomic E-state index is 13.1. The fraction of sp³-hybridized carbons (Fsp3) is 0.176. The van der Waals surface area contributed by atoms with Gasteiger partial charge >= 0.3 is 18.3 Å². The van der Waals surface area contributed by atoms with Crippen molar-refractivity contribution in [3.8, 4) is 5.75 Å². The van der Waals surface area contributed by atoms with Crippen LogP contribution in [0.5, 0.6) is 5.75 Å². The fourth-order valence-corrected chi connectivity index (χ4v) is 2.84. The molecule has 0 aliphatic carbocycles. The van der Waals surface area contributed by atoms with Gasteiger partial charge in [0, 0.05) is 10.7 Å². The van der Waals surface area contributed by atoms with Crippen LogP contribution in [0.3, 0.4) is 0 Å². The smallest absolute Gasteiger partial charge is 0.416 e. The highest BCUT2D eigenvalue weighted by Crippen LogP contribution is 2.40. The predicted octanol–water partition coefficient (Wildman–Crippen LogP) is 4.83. The first-order valence-electron chi connectivity index (χ1n) is 7.61. The number of halogens is 7. The number of hydrogen-bond donors (Lipinski definition) is 1. The van der Waals surface area contributed by atoms with Crippen LogP contribution in [0.25, 0.3) is 0 Å². The van der Waals surface area contributed by atoms with Crippen molar-refractivity contribution >= 4 is 29.2 Å². The minimum absolute atomic E-state index is 0.0226. The molecule has 1 aliphatic rings. The molecule has 0 radical (unpaired) electrons. The zero-order chi connectivity index (χ0) is 21.7. The van der Waals surface area contributed by atoms with Crippen LogP contribution in [0.2, 0.25) is 5.02 Å². The number of hydrogen-bond acceptors (Lipinski definition) is 3. The number of fused-ring (bicyclic) bond motifs is 1. The molecule has 1 N–H and O–H groups in total. The average Bonchev–Trinajstić information content (AvgIpc) is 2.60. The van der Waals surface area contributed by atoms with Crippen molar-refractivity contribution in [1.82, 2.24) is 0 Å². The van der Waals surface area contributed by atoms with Gasteiger partial charge < -0.3 is 9.84 Å². The number of ether oxygens (including phenoxy) is 1. The lowest BCUT2D eigenvalue weighted by Gasteiger charge is -2.34. The van der Waals surface area contributed by atoms with Gasteiger partial charge in [0.1, 0.15) is 5.75 Å². The number of anilines is 1. The molecular formula is C17H8ClF6NO4. The van der Waals surface area contributed by atoms with Crippen molar-refractivity contribution in [3.05, 3.63) is 58.1 Å². The van der Waals surface area contributed by atoms with Crippen molar-refractivity contribution < 1.29 is 45.8 Å². The molecule has 0 aromatic heterocycles. The van der Waals surface area contributed by atoms with Crippen molar-refractivity contribution in [3.63, 3.8) is 0 Å². The third-order valence-corrected chi connectivity index (χ3v) is 4.16. The standard InChI is InChI=1S/C17H8ClF6NO4/c18-9-1-2-12-11(6-9)13(26)25(14(29-12)15(27)28)10-4-7(16(19,20)21)3-8(5-10)17(22,23)24/h1-6,14H,(H,27,28). The van der Waals surface area contributed by atoms with Gasteiger partial charge in [-0.05, 0) is 36.4 Å². The van der Waals surface area contributed by atoms with Gasteiger partial charge in [-0.15, -0.1) is 0 Å². The maximum Gasteiger partial charge on any atom is 0.416 e. The first kappa shape index (κ1) is 20.8. The molecule has 2 aromatic rings. The molecule has 2 aromatic carbocycles. The Morgan fingerprint density at radius 3 is 2.03 bits per heavy atom. The summed E-state index contributed by atoms with van der Waals surface area (Å²) in [7, 11) is 0. The number of benzene rings is 2. The van der Waals surface area contributed by atoms with Crippen molar-refractivity contribution in [2.75, 3.05) is 4.90 Å². The molecule has 12 heteroatoms. The molecule has 5 nitrogen and oxygen atoms in total. The van der Waals surface area contributed by atoms with Crippen LogP contribution in [-0.4, -0.2) is 23.2 Å². The summed E-state index contributed by atoms with van der Waals surface area (Å²) in [5, 5.41) is 9.36. The molecule has 1 atom stereocenters. The average molecular weight is 440 g/mol. The number of carboxylic acid groups (broad SMARTS) is 1. The summed E-state index contributed by atoms with van der Waals surface area (Å²) < 4.78 is 83.8. The molecule has 1 amide bonds. The Hall–Kier alpha value is -2.95. The monoisotopic (exact) mass is 439 g/mol. The van der Waals surface area contributed by atoms with Gasteiger partial charge in [-0.2, -0.15) is 26.3 Å². The van der Waals surface area contributed by atoms with Crippen LogP contribution in [0.1, 0.15) is 21.5 Å². The summed E-state index contributed by atoms with van der Waals surface area (Å²) >= 11 is 5.76. The highest BCUT2D eigenvalue weighted by molar-refractivity contribution is 6.31. The number of amides is 1. The topological polar surface area (TPSA) is 66.8 Å². The number of rotatable bonds is 2. The van der Waals surface area contributed by atoms with Crippen LogP contribution in [0.4, 0.5) is 32.0 Å². The number of carbonyl (C=O) groups is 2. The first-order valence-corrected chi connectivity index (χ1v) is 7.99. The van der Waals surface area contributed by atoms with Gasteiger partial charge in [-0.25, -0.2) is 4.79 Å². The van der Waals surface area contributed by atoms with Gasteiger partial charge in [0.15, 0.2) is 0 Å². The Bertz CT molecular complexity index is 972. The van der Waals surface area contributed by atoms with E-state index < -0.39 is 47.3 Å². The minimum Gasteiger partial charge on any atom is -0.477 e. The van der Waals surface area contributed by atoms with Crippen molar-refractivity contribution in [2.24, 2.45) is 0 Å². The van der Waals surface area contributed by atoms with E-state index in [1.807, 2.05) is 0 Å². The maximum absolute atomic E-state index is 13.1. The molecule has 154 valence electrons. The number of carboxylic acids is 1. The Balaban J connectivity index is 2.24. The Kier molecular flexibility index (Phi) is 4.89. The molecule has 3 rings (SSSR count). The molecular weight excluding hydrogens is 432 g/mol. The number of nitrogens with zero attached hydrogens (tertiary/aromatic N) is 1. The molecule has 0 spiro atoms. The van der Waals surface area contributed by atoms with E-state index >= 15 is 0 Å². The second-order valence-electron chi connectivity index (χ2n) is 5.89. The number of carbonyl (C=O) groups excluding carboxylic acids is 1. The lowest BCUT2D eigenvalue weighted by atomic mass is 10.0. The predicted molar refractivity (Wildman–Crippen MR) is 86.8 cm³/mol. The van der Waals surface area contributed by atoms with Gasteiger partial charge in [-0.3, -0.25) is 9.69 Å². The van der Waals surface area contributed by atoms with E-state index in [2.05, 4.69) is 0 Å². The third-order valence-electron chi connectivity index (χ3n) is 3.93. The molecule has 1 unspecified atom stereocenters. The summed E-state index contributed by atoms with van der Waals surface area (Å²) in [4.78, 5) is 24.5. The second-order valence-corrected chi connectivity index (χ2v) is 6.32. The normalized spacial score (nSPS) is 17.0. The zero-order valence-corrected chi connectivity index (χ0v) is 14.6. The highest BCUT2D eigenvalue weighted by Gasteiger charge is 2.43. The Labute approximate surface area is 163 Å². The van der Waals surface area contributed by atoms with Crippen LogP contribution in [0.15, 0.2) is 36.4 Å². The SMILES string of the molecule is O=C(O)C1Oc2ccc(Cl)cc2C(=O)N1c1cc(C(F)(F)F)cc(C(F)(F)F)c1. The van der Waals surface area contributed by atoms with E-state index in [1.54, 1.807) is 0 Å². The Morgan fingerprint density at radius 2 is 1.55 bits per heavy atom. The summed E-state index contributed by atoms with van der Waals surface area (Å²) in [6.45, 7) is 0. The van der Waals surface area contributed by atoms with Gasteiger partial charge in [0.05, 0.1) is 16.7 Å². The molecule has 29 heavy (non-hydrogen) atoms. The Morgan fingerprint density at radius 1 is 1.00 bits per heavy atom. The first-order chi connectivity index (χ1) is 13.3. The number of alkyl halides is 6. The minimum atomic E-state index is -5.18. The summed E-state index contributed by atoms with van der Waals surface area (Å²) in [6.07, 6.45) is -12.6. The number of aliphatic carboxylic acids is 1. The van der Waals surface area contributed by atoms with E-state index in [4.69, 9.17) is 16.3 Å². The fourth-order valence-electron chi connectivity index (χ4n) is 2.67. The molecule has 1 aliphatic heterocycles. The van der Waals surface area contributed by atoms with Crippen molar-refractivity contribution in [1.29, 1.82) is 0 Å². The molecule has 0 saturated heterocycles. The van der Waals surface area contributed by atoms with E-state index in [1.165, 1.54) is 6.07 Å². The molecule has 1 heterocycles. The third kappa shape index (κ3) is 3.95. The lowest BCUT2D eigenvalue weighted by Crippen LogP contribution is -2.52. The zero-order valence-electron chi connectivity index (χ0n) is 13.8. The quantitative estimate of drug-likeness (QED) is 0.681. The van der Waals surface area contributed by atoms with E-state index in [0.29, 0.717) is 0 Å². The van der Waals surface area contributed by atoms with E-state index in [0.717, 1.165) is 12.1 Å². The highest BCUT2D eigenvalue weighted by atomic mass is 35.5. The van der Waals surface area contributed by atoms with E-state index in [9.17, 15) is 41.0 Å². The lowest BCUT2D eigenvalue weighted by molar-refractivity contribution is -0.145. The molecule has 0 fully saturated rings. The van der Waals surface area contributed by atoms with Crippen LogP contribution >= 0.6 is 11.6 Å². The van der Waals surface area contributed by atoms with Gasteiger partial charge in [0.2, 0.25) is 0 Å². The van der Waals surface area contributed by atoms with E-state index in [-0.39, 0.29) is 39.4 Å². The van der Waals surface area contributed by atoms with Crippen molar-refractivity contribution in [2.45, 2.75) is 18.6 Å². The van der Waals surface area contributed by atoms with Crippen LogP contribution in [0, 0.1) is 0 Å². The molecule has 0 saturated carbocycles. The largest absolute Gasteiger partial charge is 0.477 e. The molecule has 0 bridgehead atoms. The van der Waals surface area contributed by atoms with Crippen LogP contribution in [-0.2, 0) is 17.1 Å². The summed E-state index contributed by atoms with van der Waals surface area (Å²) in [5.74, 6) is -3.22. The summed E-state index contributed by atoms with van der Waals surface area (Å²) in [6, 6.07) is 3.83. The van der Waals surface area contributed by atoms with Crippen LogP contribution < -0.4 is 9.64 Å². The summed E-state index contributed by atoms with van der Waals surface area (Å²) in [5.41, 5.74) is -4.69.